The number of fused-ring (bicyclic) bond motifs is 4. The third-order valence-electron chi connectivity index (χ3n) is 9.39. The Morgan fingerprint density at radius 3 is 2.05 bits per heavy atom. The molecule has 2 aliphatic carbocycles. The van der Waals surface area contributed by atoms with E-state index in [1.807, 2.05) is 11.8 Å². The Labute approximate surface area is 230 Å². The first kappa shape index (κ1) is 24.3. The molecule has 0 unspecified atom stereocenters. The summed E-state index contributed by atoms with van der Waals surface area (Å²) < 4.78 is 0. The maximum atomic E-state index is 3.61. The van der Waals surface area contributed by atoms with Gasteiger partial charge in [-0.3, -0.25) is 9.80 Å². The van der Waals surface area contributed by atoms with Gasteiger partial charge in [0.05, 0.1) is 5.03 Å². The van der Waals surface area contributed by atoms with Crippen LogP contribution < -0.4 is 0 Å². The van der Waals surface area contributed by atoms with Gasteiger partial charge in [0.2, 0.25) is 0 Å². The van der Waals surface area contributed by atoms with E-state index < -0.39 is 0 Å². The van der Waals surface area contributed by atoms with Crippen molar-refractivity contribution < 1.29 is 0 Å². The maximum absolute atomic E-state index is 3.61. The lowest BCUT2D eigenvalue weighted by Gasteiger charge is -2.41. The van der Waals surface area contributed by atoms with Gasteiger partial charge in [-0.25, -0.2) is 0 Å². The summed E-state index contributed by atoms with van der Waals surface area (Å²) in [6.45, 7) is 6.72. The second-order valence-electron chi connectivity index (χ2n) is 11.9. The fraction of sp³-hybridized carbons (Fsp3) is 0.394. The molecule has 0 saturated heterocycles. The first-order valence-electron chi connectivity index (χ1n) is 13.9. The summed E-state index contributed by atoms with van der Waals surface area (Å²) in [4.78, 5) is 12.1. The average Bonchev–Trinajstić information content (AvgIpc) is 3.49. The number of H-pyrrole nitrogens is 2. The second kappa shape index (κ2) is 9.18. The van der Waals surface area contributed by atoms with Crippen molar-refractivity contribution in [1.82, 2.24) is 19.8 Å². The first-order valence-corrected chi connectivity index (χ1v) is 15.2. The molecule has 2 aromatic heterocycles. The number of aromatic amines is 2. The van der Waals surface area contributed by atoms with Crippen LogP contribution in [0.2, 0.25) is 0 Å². The normalized spacial score (nSPS) is 26.3. The summed E-state index contributed by atoms with van der Waals surface area (Å²) in [5, 5.41) is 4.31. The molecule has 2 aliphatic heterocycles. The van der Waals surface area contributed by atoms with Gasteiger partial charge in [0.25, 0.3) is 0 Å². The topological polar surface area (TPSA) is 38.1 Å². The van der Waals surface area contributed by atoms with Crippen molar-refractivity contribution in [3.63, 3.8) is 0 Å². The minimum Gasteiger partial charge on any atom is -0.361 e. The molecule has 0 saturated carbocycles. The molecule has 8 rings (SSSR count). The van der Waals surface area contributed by atoms with E-state index in [0.717, 1.165) is 19.5 Å². The van der Waals surface area contributed by atoms with Crippen molar-refractivity contribution >= 4 is 33.6 Å². The molecule has 2 aromatic carbocycles. The van der Waals surface area contributed by atoms with Gasteiger partial charge >= 0.3 is 0 Å². The van der Waals surface area contributed by atoms with Gasteiger partial charge in [0.15, 0.2) is 0 Å². The molecule has 0 radical (unpaired) electrons. The Morgan fingerprint density at radius 1 is 0.789 bits per heavy atom. The third kappa shape index (κ3) is 3.74. The molecule has 4 nitrogen and oxygen atoms in total. The molecule has 0 spiro atoms. The SMILES string of the molecule is CC1=C[C@@H]2c3cccc4[nH]cc(c34)C[C@H]2N(C)C1.CSc1[nH]c2cccc3c2c1C[C@@H]1[C@@H]3C=C(C)CN1C. The molecular weight excluding hydrogens is 484 g/mol. The van der Waals surface area contributed by atoms with Gasteiger partial charge in [0, 0.05) is 65.0 Å². The summed E-state index contributed by atoms with van der Waals surface area (Å²) in [7, 11) is 4.52. The van der Waals surface area contributed by atoms with Crippen LogP contribution in [0.4, 0.5) is 0 Å². The maximum Gasteiger partial charge on any atom is 0.0763 e. The molecule has 2 N–H and O–H groups in total. The zero-order valence-corrected chi connectivity index (χ0v) is 24.0. The standard InChI is InChI=1S/C17H20N2S.C16H18N2/c1-10-7-12-11-5-4-6-14-16(11)13(17(18-14)20-3)8-15(12)19(2)9-10;1-10-6-13-12-4-3-5-14-16(12)11(8-17-14)7-15(13)18(2)9-10/h4-7,12,15,18H,8-9H2,1-3H3;3-6,8,13,15,17H,7,9H2,1-2H3/t12-,15-;13-,15-/m11/s1. The summed E-state index contributed by atoms with van der Waals surface area (Å²) in [6.07, 6.45) is 11.7. The molecule has 0 fully saturated rings. The fourth-order valence-corrected chi connectivity index (χ4v) is 8.44. The van der Waals surface area contributed by atoms with Crippen molar-refractivity contribution in [2.75, 3.05) is 33.4 Å². The number of hydrogen-bond donors (Lipinski definition) is 2. The zero-order valence-electron chi connectivity index (χ0n) is 23.1. The van der Waals surface area contributed by atoms with Crippen LogP contribution in [0, 0.1) is 0 Å². The van der Waals surface area contributed by atoms with Crippen LogP contribution in [0.15, 0.2) is 70.9 Å². The van der Waals surface area contributed by atoms with Crippen LogP contribution in [0.25, 0.3) is 21.8 Å². The van der Waals surface area contributed by atoms with E-state index in [-0.39, 0.29) is 0 Å². The van der Waals surface area contributed by atoms with Gasteiger partial charge in [-0.1, -0.05) is 47.6 Å². The molecule has 196 valence electrons. The predicted octanol–water partition coefficient (Wildman–Crippen LogP) is 6.86. The Bertz CT molecular complexity index is 1600. The van der Waals surface area contributed by atoms with Crippen LogP contribution in [0.3, 0.4) is 0 Å². The van der Waals surface area contributed by atoms with E-state index in [4.69, 9.17) is 0 Å². The van der Waals surface area contributed by atoms with Crippen LogP contribution >= 0.6 is 11.8 Å². The molecule has 4 heterocycles. The lowest BCUT2D eigenvalue weighted by Crippen LogP contribution is -2.43. The minimum atomic E-state index is 0.551. The highest BCUT2D eigenvalue weighted by Crippen LogP contribution is 2.45. The third-order valence-corrected chi connectivity index (χ3v) is 10.1. The molecule has 0 bridgehead atoms. The van der Waals surface area contributed by atoms with Crippen molar-refractivity contribution in [1.29, 1.82) is 0 Å². The minimum absolute atomic E-state index is 0.551. The van der Waals surface area contributed by atoms with E-state index in [1.165, 1.54) is 66.7 Å². The molecule has 0 amide bonds. The number of hydrogen-bond acceptors (Lipinski definition) is 3. The molecule has 4 aromatic rings. The van der Waals surface area contributed by atoms with Crippen molar-refractivity contribution in [3.05, 3.63) is 88.1 Å². The van der Waals surface area contributed by atoms with E-state index >= 15 is 0 Å². The van der Waals surface area contributed by atoms with Crippen LogP contribution in [-0.2, 0) is 12.8 Å². The Morgan fingerprint density at radius 2 is 1.39 bits per heavy atom. The van der Waals surface area contributed by atoms with Gasteiger partial charge < -0.3 is 9.97 Å². The summed E-state index contributed by atoms with van der Waals surface area (Å²) in [5.74, 6) is 1.12. The van der Waals surface area contributed by atoms with E-state index in [0.29, 0.717) is 23.9 Å². The van der Waals surface area contributed by atoms with Gasteiger partial charge in [-0.15, -0.1) is 11.8 Å². The Balaban J connectivity index is 0.000000128. The zero-order chi connectivity index (χ0) is 26.1. The lowest BCUT2D eigenvalue weighted by molar-refractivity contribution is 0.224. The number of nitrogens with one attached hydrogen (secondary N) is 2. The lowest BCUT2D eigenvalue weighted by atomic mass is 9.77. The highest BCUT2D eigenvalue weighted by molar-refractivity contribution is 7.98. The predicted molar refractivity (Wildman–Crippen MR) is 162 cm³/mol. The fourth-order valence-electron chi connectivity index (χ4n) is 7.80. The molecule has 5 heteroatoms. The Hall–Kier alpha value is -2.73. The Kier molecular flexibility index (Phi) is 5.88. The number of thioether (sulfide) groups is 1. The molecule has 4 aliphatic rings. The smallest absolute Gasteiger partial charge is 0.0763 e. The number of aromatic nitrogens is 2. The number of rotatable bonds is 1. The summed E-state index contributed by atoms with van der Waals surface area (Å²) >= 11 is 1.84. The average molecular weight is 523 g/mol. The summed E-state index contributed by atoms with van der Waals surface area (Å²) in [5.41, 5.74) is 11.6. The number of likely N-dealkylation sites (N-methyl/N-ethyl adjacent to an activating group) is 2. The van der Waals surface area contributed by atoms with Crippen LogP contribution in [-0.4, -0.2) is 65.3 Å². The quantitative estimate of drug-likeness (QED) is 0.212. The van der Waals surface area contributed by atoms with Crippen LogP contribution in [0.1, 0.15) is 47.9 Å². The van der Waals surface area contributed by atoms with Gasteiger partial charge in [-0.2, -0.15) is 0 Å². The monoisotopic (exact) mass is 522 g/mol. The van der Waals surface area contributed by atoms with Gasteiger partial charge in [0.1, 0.15) is 0 Å². The largest absolute Gasteiger partial charge is 0.361 e. The van der Waals surface area contributed by atoms with E-state index in [1.54, 1.807) is 0 Å². The number of nitrogens with zero attached hydrogens (tertiary/aromatic N) is 2. The molecular formula is C33H38N4S. The van der Waals surface area contributed by atoms with Crippen molar-refractivity contribution in [2.45, 2.75) is 55.6 Å². The highest BCUT2D eigenvalue weighted by atomic mass is 32.2. The number of benzene rings is 2. The van der Waals surface area contributed by atoms with Crippen molar-refractivity contribution in [3.8, 4) is 0 Å². The van der Waals surface area contributed by atoms with Gasteiger partial charge in [-0.05, 0) is 81.4 Å². The highest BCUT2D eigenvalue weighted by Gasteiger charge is 2.36. The molecule has 38 heavy (non-hydrogen) atoms. The van der Waals surface area contributed by atoms with E-state index in [2.05, 4.69) is 109 Å². The molecule has 4 atom stereocenters. The van der Waals surface area contributed by atoms with Crippen molar-refractivity contribution in [2.24, 2.45) is 0 Å². The summed E-state index contributed by atoms with van der Waals surface area (Å²) in [6, 6.07) is 14.6. The van der Waals surface area contributed by atoms with E-state index in [9.17, 15) is 0 Å². The second-order valence-corrected chi connectivity index (χ2v) is 12.8. The van der Waals surface area contributed by atoms with Crippen LogP contribution in [0.5, 0.6) is 0 Å². The first-order chi connectivity index (χ1) is 18.4.